The summed E-state index contributed by atoms with van der Waals surface area (Å²) in [5, 5.41) is 20.6. The van der Waals surface area contributed by atoms with E-state index in [-0.39, 0.29) is 6.15 Å². The number of rotatable bonds is 4. The SMILES string of the molecule is CC1CC(CCCB(O)O)CN1.O=C=O. The smallest absolute Gasteiger partial charge is 0.427 e. The Morgan fingerprint density at radius 1 is 1.47 bits per heavy atom. The molecule has 0 aromatic carbocycles. The van der Waals surface area contributed by atoms with Gasteiger partial charge in [0.15, 0.2) is 0 Å². The van der Waals surface area contributed by atoms with Gasteiger partial charge < -0.3 is 15.4 Å². The molecule has 1 heterocycles. The summed E-state index contributed by atoms with van der Waals surface area (Å²) < 4.78 is 0. The van der Waals surface area contributed by atoms with Crippen molar-refractivity contribution in [2.24, 2.45) is 5.92 Å². The van der Waals surface area contributed by atoms with Crippen molar-refractivity contribution in [2.45, 2.75) is 38.5 Å². The van der Waals surface area contributed by atoms with E-state index >= 15 is 0 Å². The minimum absolute atomic E-state index is 0.250. The Kier molecular flexibility index (Phi) is 8.23. The molecular formula is C9H18BNO4. The lowest BCUT2D eigenvalue weighted by Crippen LogP contribution is -2.16. The second-order valence-electron chi connectivity index (χ2n) is 3.91. The molecule has 1 saturated heterocycles. The maximum Gasteiger partial charge on any atom is 0.451 e. The van der Waals surface area contributed by atoms with Crippen molar-refractivity contribution in [1.29, 1.82) is 0 Å². The van der Waals surface area contributed by atoms with Gasteiger partial charge in [-0.25, -0.2) is 0 Å². The molecule has 1 aliphatic heterocycles. The summed E-state index contributed by atoms with van der Waals surface area (Å²) >= 11 is 0. The van der Waals surface area contributed by atoms with Crippen molar-refractivity contribution in [3.05, 3.63) is 0 Å². The number of hydrogen-bond acceptors (Lipinski definition) is 5. The van der Waals surface area contributed by atoms with E-state index in [4.69, 9.17) is 19.6 Å². The van der Waals surface area contributed by atoms with Gasteiger partial charge in [-0.05, 0) is 38.5 Å². The molecule has 0 saturated carbocycles. The van der Waals surface area contributed by atoms with Gasteiger partial charge in [-0.15, -0.1) is 0 Å². The van der Waals surface area contributed by atoms with Gasteiger partial charge in [-0.2, -0.15) is 9.59 Å². The Bertz CT molecular complexity index is 195. The summed E-state index contributed by atoms with van der Waals surface area (Å²) in [4.78, 5) is 16.2. The van der Waals surface area contributed by atoms with Gasteiger partial charge in [-0.3, -0.25) is 0 Å². The summed E-state index contributed by atoms with van der Waals surface area (Å²) in [5.74, 6) is 0.749. The summed E-state index contributed by atoms with van der Waals surface area (Å²) in [6, 6.07) is 0.647. The van der Waals surface area contributed by atoms with Crippen LogP contribution >= 0.6 is 0 Å². The zero-order valence-electron chi connectivity index (χ0n) is 8.98. The molecule has 0 radical (unpaired) electrons. The van der Waals surface area contributed by atoms with Crippen LogP contribution in [0.25, 0.3) is 0 Å². The Morgan fingerprint density at radius 3 is 2.47 bits per heavy atom. The van der Waals surface area contributed by atoms with Crippen molar-refractivity contribution < 1.29 is 19.6 Å². The Morgan fingerprint density at radius 2 is 2.07 bits per heavy atom. The van der Waals surface area contributed by atoms with E-state index in [0.29, 0.717) is 12.4 Å². The molecule has 0 spiro atoms. The van der Waals surface area contributed by atoms with E-state index in [9.17, 15) is 0 Å². The average Bonchev–Trinajstić information content (AvgIpc) is 2.52. The fourth-order valence-electron chi connectivity index (χ4n) is 1.84. The summed E-state index contributed by atoms with van der Waals surface area (Å²) in [6.45, 7) is 3.30. The zero-order chi connectivity index (χ0) is 11.7. The first-order chi connectivity index (χ1) is 7.10. The highest BCUT2D eigenvalue weighted by Gasteiger charge is 2.20. The normalized spacial score (nSPS) is 23.9. The molecule has 1 rings (SSSR count). The third kappa shape index (κ3) is 8.33. The lowest BCUT2D eigenvalue weighted by molar-refractivity contribution is -0.191. The molecule has 5 nitrogen and oxygen atoms in total. The summed E-state index contributed by atoms with van der Waals surface area (Å²) in [5.41, 5.74) is 0. The number of hydrogen-bond donors (Lipinski definition) is 3. The molecule has 0 aromatic heterocycles. The highest BCUT2D eigenvalue weighted by molar-refractivity contribution is 6.40. The van der Waals surface area contributed by atoms with Crippen molar-refractivity contribution in [3.8, 4) is 0 Å². The van der Waals surface area contributed by atoms with E-state index in [1.807, 2.05) is 0 Å². The van der Waals surface area contributed by atoms with Crippen LogP contribution in [0.3, 0.4) is 0 Å². The highest BCUT2D eigenvalue weighted by Crippen LogP contribution is 2.19. The van der Waals surface area contributed by atoms with Crippen molar-refractivity contribution in [2.75, 3.05) is 6.54 Å². The Hall–Kier alpha value is -0.675. The molecule has 2 unspecified atom stereocenters. The topological polar surface area (TPSA) is 86.6 Å². The monoisotopic (exact) mass is 215 g/mol. The molecule has 0 aromatic rings. The molecule has 1 fully saturated rings. The maximum atomic E-state index is 8.62. The molecule has 15 heavy (non-hydrogen) atoms. The van der Waals surface area contributed by atoms with Gasteiger partial charge in [0.25, 0.3) is 0 Å². The predicted molar refractivity (Wildman–Crippen MR) is 54.8 cm³/mol. The lowest BCUT2D eigenvalue weighted by Gasteiger charge is -2.06. The molecule has 0 aliphatic carbocycles. The van der Waals surface area contributed by atoms with Crippen LogP contribution in [0.15, 0.2) is 0 Å². The van der Waals surface area contributed by atoms with Gasteiger partial charge in [0, 0.05) is 6.04 Å². The quantitative estimate of drug-likeness (QED) is 0.558. The van der Waals surface area contributed by atoms with Crippen LogP contribution in [-0.2, 0) is 9.59 Å². The molecular weight excluding hydrogens is 197 g/mol. The first kappa shape index (κ1) is 14.3. The van der Waals surface area contributed by atoms with Crippen molar-refractivity contribution in [3.63, 3.8) is 0 Å². The second kappa shape index (κ2) is 8.62. The first-order valence-corrected chi connectivity index (χ1v) is 5.19. The third-order valence-corrected chi connectivity index (χ3v) is 2.52. The van der Waals surface area contributed by atoms with Crippen molar-refractivity contribution in [1.82, 2.24) is 5.32 Å². The summed E-state index contributed by atoms with van der Waals surface area (Å²) in [6.07, 6.45) is 4.05. The van der Waals surface area contributed by atoms with E-state index < -0.39 is 7.12 Å². The molecule has 0 bridgehead atoms. The van der Waals surface area contributed by atoms with Crippen LogP contribution in [0, 0.1) is 5.92 Å². The standard InChI is InChI=1S/C8H18BNO2.CO2/c1-7-5-8(6-10-7)3-2-4-9(11)12;2-1-3/h7-8,10-12H,2-6H2,1H3;. The number of carbonyl (C=O) groups excluding carboxylic acids is 2. The van der Waals surface area contributed by atoms with Gasteiger partial charge in [-0.1, -0.05) is 6.42 Å². The Balaban J connectivity index is 0.000000583. The van der Waals surface area contributed by atoms with E-state index in [1.165, 1.54) is 6.42 Å². The maximum absolute atomic E-state index is 8.62. The van der Waals surface area contributed by atoms with E-state index in [2.05, 4.69) is 12.2 Å². The van der Waals surface area contributed by atoms with Crippen LogP contribution in [-0.4, -0.2) is 35.9 Å². The molecule has 1 aliphatic rings. The molecule has 3 N–H and O–H groups in total. The fraction of sp³-hybridized carbons (Fsp3) is 0.889. The summed E-state index contributed by atoms with van der Waals surface area (Å²) in [7, 11) is -1.11. The van der Waals surface area contributed by atoms with Gasteiger partial charge in [0.1, 0.15) is 0 Å². The number of nitrogens with one attached hydrogen (secondary N) is 1. The zero-order valence-corrected chi connectivity index (χ0v) is 8.98. The van der Waals surface area contributed by atoms with Crippen LogP contribution < -0.4 is 5.32 Å². The predicted octanol–water partition coefficient (Wildman–Crippen LogP) is -0.346. The first-order valence-electron chi connectivity index (χ1n) is 5.19. The van der Waals surface area contributed by atoms with Gasteiger partial charge >= 0.3 is 13.3 Å². The van der Waals surface area contributed by atoms with Gasteiger partial charge in [0.05, 0.1) is 0 Å². The van der Waals surface area contributed by atoms with Crippen molar-refractivity contribution >= 4 is 13.3 Å². The fourth-order valence-corrected chi connectivity index (χ4v) is 1.84. The van der Waals surface area contributed by atoms with Crippen LogP contribution in [0.1, 0.15) is 26.2 Å². The third-order valence-electron chi connectivity index (χ3n) is 2.52. The molecule has 2 atom stereocenters. The van der Waals surface area contributed by atoms with Crippen LogP contribution in [0.5, 0.6) is 0 Å². The Labute approximate surface area is 90.0 Å². The van der Waals surface area contributed by atoms with E-state index in [0.717, 1.165) is 25.3 Å². The average molecular weight is 215 g/mol. The second-order valence-corrected chi connectivity index (χ2v) is 3.91. The minimum Gasteiger partial charge on any atom is -0.427 e. The van der Waals surface area contributed by atoms with Gasteiger partial charge in [0.2, 0.25) is 0 Å². The lowest BCUT2D eigenvalue weighted by atomic mass is 9.82. The highest BCUT2D eigenvalue weighted by atomic mass is 16.4. The largest absolute Gasteiger partial charge is 0.451 e. The molecule has 86 valence electrons. The molecule has 6 heteroatoms. The van der Waals surface area contributed by atoms with Crippen LogP contribution in [0.2, 0.25) is 6.32 Å². The van der Waals surface area contributed by atoms with E-state index in [1.54, 1.807) is 0 Å². The minimum atomic E-state index is -1.11. The molecule has 0 amide bonds. The van der Waals surface area contributed by atoms with Crippen LogP contribution in [0.4, 0.5) is 0 Å².